The van der Waals surface area contributed by atoms with Gasteiger partial charge in [0.25, 0.3) is 11.8 Å². The van der Waals surface area contributed by atoms with Crippen LogP contribution in [0.1, 0.15) is 56.9 Å². The Labute approximate surface area is 271 Å². The maximum Gasteiger partial charge on any atom is 0.270 e. The molecule has 0 bridgehead atoms. The third-order valence-electron chi connectivity index (χ3n) is 9.31. The number of amides is 2. The number of aryl methyl sites for hydroxylation is 1. The molecule has 1 saturated heterocycles. The van der Waals surface area contributed by atoms with Crippen LogP contribution in [0.4, 0.5) is 5.69 Å². The molecule has 0 atom stereocenters. The molecule has 0 aliphatic carbocycles. The number of carbonyl (C=O) groups excluding carboxylic acids is 2. The molecule has 3 aromatic carbocycles. The molecule has 2 aliphatic rings. The number of hydrogen-bond acceptors (Lipinski definition) is 4. The second-order valence-corrected chi connectivity index (χ2v) is 12.9. The van der Waals surface area contributed by atoms with Gasteiger partial charge in [-0.3, -0.25) is 9.59 Å². The molecule has 3 heterocycles. The second kappa shape index (κ2) is 13.1. The number of fused-ring (bicyclic) bond motifs is 2. The summed E-state index contributed by atoms with van der Waals surface area (Å²) in [4.78, 5) is 34.2. The molecule has 8 heteroatoms. The fraction of sp³-hybridized carbons (Fsp3) is 0.351. The second-order valence-electron chi connectivity index (χ2n) is 12.5. The SMILES string of the molecule is COc1cc(-c2ccccc2C)c(Cl)cc1C(=O)N1Cc2ccc(C(=O)N3CCC(CCN(C)C)CC3)n2Cc2ccccc21. The van der Waals surface area contributed by atoms with E-state index in [0.29, 0.717) is 41.0 Å². The van der Waals surface area contributed by atoms with Crippen LogP contribution < -0.4 is 9.64 Å². The van der Waals surface area contributed by atoms with Crippen LogP contribution in [0.2, 0.25) is 5.02 Å². The Kier molecular flexibility index (Phi) is 9.02. The van der Waals surface area contributed by atoms with Crippen molar-refractivity contribution >= 4 is 29.1 Å². The van der Waals surface area contributed by atoms with Gasteiger partial charge in [-0.1, -0.05) is 54.1 Å². The van der Waals surface area contributed by atoms with E-state index in [1.807, 2.05) is 78.6 Å². The van der Waals surface area contributed by atoms with Crippen molar-refractivity contribution in [3.8, 4) is 16.9 Å². The van der Waals surface area contributed by atoms with E-state index < -0.39 is 0 Å². The van der Waals surface area contributed by atoms with E-state index in [1.54, 1.807) is 18.1 Å². The number of carbonyl (C=O) groups is 2. The van der Waals surface area contributed by atoms with Gasteiger partial charge in [0.05, 0.1) is 25.8 Å². The van der Waals surface area contributed by atoms with Crippen molar-refractivity contribution in [1.82, 2.24) is 14.4 Å². The van der Waals surface area contributed by atoms with Gasteiger partial charge in [0.15, 0.2) is 0 Å². The summed E-state index contributed by atoms with van der Waals surface area (Å²) in [6.07, 6.45) is 3.23. The van der Waals surface area contributed by atoms with E-state index >= 15 is 0 Å². The van der Waals surface area contributed by atoms with E-state index in [1.165, 1.54) is 6.42 Å². The Morgan fingerprint density at radius 2 is 1.64 bits per heavy atom. The summed E-state index contributed by atoms with van der Waals surface area (Å²) in [5, 5.41) is 0.485. The topological polar surface area (TPSA) is 58.0 Å². The smallest absolute Gasteiger partial charge is 0.270 e. The number of anilines is 1. The summed E-state index contributed by atoms with van der Waals surface area (Å²) in [6, 6.07) is 23.4. The number of halogens is 1. The standard InChI is InChI=1S/C37H41ClN4O3/c1-25-9-5-7-11-29(25)30-22-35(45-4)31(21-32(30)38)36(43)42-24-28-13-14-34(41(28)23-27-10-6-8-12-33(27)42)37(44)40-19-16-26(17-20-40)15-18-39(2)3/h5-14,21-22,26H,15-20,23-24H2,1-4H3. The molecule has 2 amide bonds. The van der Waals surface area contributed by atoms with Crippen molar-refractivity contribution in [2.45, 2.75) is 39.3 Å². The highest BCUT2D eigenvalue weighted by atomic mass is 35.5. The molecule has 2 aliphatic heterocycles. The lowest BCUT2D eigenvalue weighted by Crippen LogP contribution is -2.40. The molecule has 0 unspecified atom stereocenters. The number of ether oxygens (including phenoxy) is 1. The molecule has 4 aromatic rings. The number of likely N-dealkylation sites (tertiary alicyclic amines) is 1. The van der Waals surface area contributed by atoms with Crippen LogP contribution in [0.25, 0.3) is 11.1 Å². The Hall–Kier alpha value is -4.07. The van der Waals surface area contributed by atoms with E-state index in [-0.39, 0.29) is 11.8 Å². The maximum atomic E-state index is 14.4. The molecule has 45 heavy (non-hydrogen) atoms. The highest BCUT2D eigenvalue weighted by Gasteiger charge is 2.31. The highest BCUT2D eigenvalue weighted by molar-refractivity contribution is 6.34. The summed E-state index contributed by atoms with van der Waals surface area (Å²) in [5.74, 6) is 0.970. The van der Waals surface area contributed by atoms with Gasteiger partial charge in [0.1, 0.15) is 11.4 Å². The first-order valence-electron chi connectivity index (χ1n) is 15.7. The van der Waals surface area contributed by atoms with Crippen molar-refractivity contribution in [2.24, 2.45) is 5.92 Å². The number of benzene rings is 3. The molecule has 7 nitrogen and oxygen atoms in total. The van der Waals surface area contributed by atoms with Crippen molar-refractivity contribution in [3.63, 3.8) is 0 Å². The first-order valence-corrected chi connectivity index (χ1v) is 16.1. The van der Waals surface area contributed by atoms with Crippen LogP contribution >= 0.6 is 11.6 Å². The van der Waals surface area contributed by atoms with Gasteiger partial charge in [-0.25, -0.2) is 0 Å². The van der Waals surface area contributed by atoms with Crippen LogP contribution in [0, 0.1) is 12.8 Å². The van der Waals surface area contributed by atoms with Crippen molar-refractivity contribution < 1.29 is 14.3 Å². The lowest BCUT2D eigenvalue weighted by atomic mass is 9.93. The number of methoxy groups -OCH3 is 1. The van der Waals surface area contributed by atoms with E-state index in [9.17, 15) is 9.59 Å². The molecule has 1 fully saturated rings. The average molecular weight is 625 g/mol. The summed E-state index contributed by atoms with van der Waals surface area (Å²) >= 11 is 6.84. The quantitative estimate of drug-likeness (QED) is 0.219. The largest absolute Gasteiger partial charge is 0.496 e. The van der Waals surface area contributed by atoms with Crippen LogP contribution in [0.3, 0.4) is 0 Å². The predicted molar refractivity (Wildman–Crippen MR) is 180 cm³/mol. The summed E-state index contributed by atoms with van der Waals surface area (Å²) in [5.41, 5.74) is 6.65. The van der Waals surface area contributed by atoms with E-state index in [4.69, 9.17) is 16.3 Å². The van der Waals surface area contributed by atoms with Gasteiger partial charge in [-0.05, 0) is 99.8 Å². The zero-order valence-electron chi connectivity index (χ0n) is 26.6. The number of hydrogen-bond donors (Lipinski definition) is 0. The normalized spacial score (nSPS) is 15.1. The van der Waals surface area contributed by atoms with Gasteiger partial charge < -0.3 is 24.0 Å². The van der Waals surface area contributed by atoms with Gasteiger partial charge in [-0.15, -0.1) is 0 Å². The molecular formula is C37H41ClN4O3. The molecule has 0 spiro atoms. The highest BCUT2D eigenvalue weighted by Crippen LogP contribution is 2.38. The third-order valence-corrected chi connectivity index (χ3v) is 9.62. The summed E-state index contributed by atoms with van der Waals surface area (Å²) in [6.45, 7) is 5.49. The molecule has 0 saturated carbocycles. The van der Waals surface area contributed by atoms with Crippen molar-refractivity contribution in [3.05, 3.63) is 106 Å². The fourth-order valence-electron chi connectivity index (χ4n) is 6.67. The van der Waals surface area contributed by atoms with Crippen LogP contribution in [0.15, 0.2) is 72.8 Å². The number of rotatable bonds is 7. The first kappa shape index (κ1) is 30.9. The number of nitrogens with zero attached hydrogens (tertiary/aromatic N) is 4. The third kappa shape index (κ3) is 6.24. The Bertz CT molecular complexity index is 1720. The Morgan fingerprint density at radius 3 is 2.38 bits per heavy atom. The van der Waals surface area contributed by atoms with Crippen molar-refractivity contribution in [2.75, 3.05) is 45.7 Å². The van der Waals surface area contributed by atoms with Crippen LogP contribution in [-0.4, -0.2) is 67.0 Å². The zero-order chi connectivity index (χ0) is 31.7. The number of para-hydroxylation sites is 1. The minimum Gasteiger partial charge on any atom is -0.496 e. The number of piperidine rings is 1. The summed E-state index contributed by atoms with van der Waals surface area (Å²) in [7, 11) is 5.79. The molecule has 234 valence electrons. The van der Waals surface area contributed by atoms with Gasteiger partial charge >= 0.3 is 0 Å². The molecule has 1 aromatic heterocycles. The van der Waals surface area contributed by atoms with E-state index in [2.05, 4.69) is 23.6 Å². The molecule has 6 rings (SSSR count). The zero-order valence-corrected chi connectivity index (χ0v) is 27.3. The van der Waals surface area contributed by atoms with Crippen molar-refractivity contribution in [1.29, 1.82) is 0 Å². The summed E-state index contributed by atoms with van der Waals surface area (Å²) < 4.78 is 7.86. The fourth-order valence-corrected chi connectivity index (χ4v) is 6.94. The van der Waals surface area contributed by atoms with Crippen LogP contribution in [-0.2, 0) is 13.1 Å². The number of aromatic nitrogens is 1. The lowest BCUT2D eigenvalue weighted by molar-refractivity contribution is 0.0672. The minimum absolute atomic E-state index is 0.0600. The van der Waals surface area contributed by atoms with Gasteiger partial charge in [-0.2, -0.15) is 0 Å². The molecular weight excluding hydrogens is 584 g/mol. The molecule has 0 radical (unpaired) electrons. The van der Waals surface area contributed by atoms with Gasteiger partial charge in [0.2, 0.25) is 0 Å². The lowest BCUT2D eigenvalue weighted by Gasteiger charge is -2.32. The first-order chi connectivity index (χ1) is 21.7. The minimum atomic E-state index is -0.208. The average Bonchev–Trinajstić information content (AvgIpc) is 3.36. The molecule has 0 N–H and O–H groups in total. The Balaban J connectivity index is 1.29. The Morgan fingerprint density at radius 1 is 0.911 bits per heavy atom. The predicted octanol–water partition coefficient (Wildman–Crippen LogP) is 7.14. The monoisotopic (exact) mass is 624 g/mol. The van der Waals surface area contributed by atoms with Crippen LogP contribution in [0.5, 0.6) is 5.75 Å². The van der Waals surface area contributed by atoms with Gasteiger partial charge in [0, 0.05) is 35.1 Å². The maximum absolute atomic E-state index is 14.4. The van der Waals surface area contributed by atoms with E-state index in [0.717, 1.165) is 66.1 Å².